The third-order valence-corrected chi connectivity index (χ3v) is 1.31. The molecular formula is C10H16O2. The van der Waals surface area contributed by atoms with Gasteiger partial charge in [-0.15, -0.1) is 0 Å². The van der Waals surface area contributed by atoms with E-state index in [-0.39, 0.29) is 11.0 Å². The Labute approximate surface area is 73.2 Å². The lowest BCUT2D eigenvalue weighted by molar-refractivity contribution is 0.823. The predicted octanol–water partition coefficient (Wildman–Crippen LogP) is 1.36. The molecule has 2 aliphatic carbocycles. The van der Waals surface area contributed by atoms with Gasteiger partial charge in [-0.2, -0.15) is 0 Å². The van der Waals surface area contributed by atoms with Crippen LogP contribution in [-0.2, 0) is 0 Å². The average molecular weight is 168 g/mol. The number of rotatable bonds is 0. The van der Waals surface area contributed by atoms with E-state index in [1.165, 1.54) is 0 Å². The standard InChI is InChI=1S/2C5H6.2H2O/c2*1-2-4-5-3-1;;/h2*1-4H,5H2;2*1H2. The zero-order chi connectivity index (χ0) is 7.07. The minimum atomic E-state index is 0. The van der Waals surface area contributed by atoms with Crippen molar-refractivity contribution in [3.63, 3.8) is 0 Å². The summed E-state index contributed by atoms with van der Waals surface area (Å²) in [6.07, 6.45) is 19.0. The van der Waals surface area contributed by atoms with E-state index in [1.54, 1.807) is 0 Å². The highest BCUT2D eigenvalue weighted by Gasteiger charge is 1.72. The van der Waals surface area contributed by atoms with Crippen molar-refractivity contribution in [1.82, 2.24) is 0 Å². The van der Waals surface area contributed by atoms with Crippen LogP contribution >= 0.6 is 0 Å². The van der Waals surface area contributed by atoms with Crippen molar-refractivity contribution in [3.05, 3.63) is 48.6 Å². The monoisotopic (exact) mass is 168 g/mol. The van der Waals surface area contributed by atoms with Crippen molar-refractivity contribution in [2.24, 2.45) is 0 Å². The number of allylic oxidation sites excluding steroid dienone is 8. The lowest BCUT2D eigenvalue weighted by atomic mass is 10.5. The van der Waals surface area contributed by atoms with Gasteiger partial charge in [-0.1, -0.05) is 48.6 Å². The lowest BCUT2D eigenvalue weighted by Crippen LogP contribution is -1.37. The Balaban J connectivity index is 0. The van der Waals surface area contributed by atoms with Crippen molar-refractivity contribution in [2.75, 3.05) is 0 Å². The van der Waals surface area contributed by atoms with Gasteiger partial charge in [0.2, 0.25) is 0 Å². The van der Waals surface area contributed by atoms with E-state index in [0.29, 0.717) is 0 Å². The van der Waals surface area contributed by atoms with Crippen LogP contribution in [0.3, 0.4) is 0 Å². The van der Waals surface area contributed by atoms with Gasteiger partial charge in [0.1, 0.15) is 0 Å². The van der Waals surface area contributed by atoms with E-state index in [4.69, 9.17) is 0 Å². The zero-order valence-electron chi connectivity index (χ0n) is 7.03. The molecule has 2 nitrogen and oxygen atoms in total. The highest BCUT2D eigenvalue weighted by Crippen LogP contribution is 1.93. The Hall–Kier alpha value is -1.12. The molecule has 0 saturated carbocycles. The molecule has 0 spiro atoms. The van der Waals surface area contributed by atoms with Gasteiger partial charge >= 0.3 is 0 Å². The largest absolute Gasteiger partial charge is 0.412 e. The van der Waals surface area contributed by atoms with Crippen LogP contribution in [0, 0.1) is 0 Å². The first-order valence-electron chi connectivity index (χ1n) is 3.63. The normalized spacial score (nSPS) is 14.7. The second-order valence-corrected chi connectivity index (χ2v) is 2.18. The first-order valence-corrected chi connectivity index (χ1v) is 3.63. The quantitative estimate of drug-likeness (QED) is 0.524. The van der Waals surface area contributed by atoms with E-state index in [9.17, 15) is 0 Å². The first-order chi connectivity index (χ1) is 5.00. The maximum atomic E-state index is 2.12. The molecule has 0 aromatic rings. The molecule has 2 aliphatic rings. The molecule has 0 heterocycles. The first kappa shape index (κ1) is 13.5. The van der Waals surface area contributed by atoms with Crippen LogP contribution in [0.2, 0.25) is 0 Å². The molecule has 0 aliphatic heterocycles. The van der Waals surface area contributed by atoms with Crippen molar-refractivity contribution in [2.45, 2.75) is 12.8 Å². The molecule has 68 valence electrons. The smallest absolute Gasteiger partial charge is 0.0163 e. The summed E-state index contributed by atoms with van der Waals surface area (Å²) in [4.78, 5) is 0. The SMILES string of the molecule is C1=CCC=C1.C1=CCC=C1.O.O. The van der Waals surface area contributed by atoms with E-state index in [1.807, 2.05) is 0 Å². The molecule has 0 bridgehead atoms. The number of hydrogen-bond donors (Lipinski definition) is 0. The third kappa shape index (κ3) is 6.99. The predicted molar refractivity (Wildman–Crippen MR) is 53.0 cm³/mol. The second kappa shape index (κ2) is 9.88. The molecule has 12 heavy (non-hydrogen) atoms. The van der Waals surface area contributed by atoms with Gasteiger partial charge in [0.15, 0.2) is 0 Å². The van der Waals surface area contributed by atoms with E-state index in [0.717, 1.165) is 12.8 Å². The summed E-state index contributed by atoms with van der Waals surface area (Å²) in [5.41, 5.74) is 0. The fourth-order valence-electron chi connectivity index (χ4n) is 0.786. The molecule has 0 atom stereocenters. The minimum Gasteiger partial charge on any atom is -0.412 e. The summed E-state index contributed by atoms with van der Waals surface area (Å²) in [5.74, 6) is 0. The Morgan fingerprint density at radius 1 is 0.500 bits per heavy atom. The van der Waals surface area contributed by atoms with Gasteiger partial charge in [-0.05, 0) is 12.8 Å². The van der Waals surface area contributed by atoms with E-state index >= 15 is 0 Å². The Morgan fingerprint density at radius 2 is 0.750 bits per heavy atom. The highest BCUT2D eigenvalue weighted by molar-refractivity contribution is 5.12. The molecule has 0 saturated heterocycles. The maximum Gasteiger partial charge on any atom is -0.0163 e. The molecule has 4 N–H and O–H groups in total. The second-order valence-electron chi connectivity index (χ2n) is 2.18. The molecule has 0 fully saturated rings. The molecule has 0 unspecified atom stereocenters. The van der Waals surface area contributed by atoms with Crippen LogP contribution < -0.4 is 0 Å². The Morgan fingerprint density at radius 3 is 0.833 bits per heavy atom. The van der Waals surface area contributed by atoms with Crippen LogP contribution in [0.5, 0.6) is 0 Å². The molecular weight excluding hydrogens is 152 g/mol. The molecule has 0 aromatic carbocycles. The topological polar surface area (TPSA) is 63.0 Å². The summed E-state index contributed by atoms with van der Waals surface area (Å²) in [6, 6.07) is 0. The minimum absolute atomic E-state index is 0. The van der Waals surface area contributed by atoms with Crippen molar-refractivity contribution in [1.29, 1.82) is 0 Å². The summed E-state index contributed by atoms with van der Waals surface area (Å²) < 4.78 is 0. The molecule has 0 amide bonds. The van der Waals surface area contributed by atoms with Crippen LogP contribution in [0.15, 0.2) is 48.6 Å². The van der Waals surface area contributed by atoms with Crippen molar-refractivity contribution >= 4 is 0 Å². The van der Waals surface area contributed by atoms with Gasteiger partial charge in [0.05, 0.1) is 0 Å². The van der Waals surface area contributed by atoms with Crippen LogP contribution in [0.4, 0.5) is 0 Å². The molecule has 2 rings (SSSR count). The fraction of sp³-hybridized carbons (Fsp3) is 0.200. The maximum absolute atomic E-state index is 2.12. The summed E-state index contributed by atoms with van der Waals surface area (Å²) in [5, 5.41) is 0. The lowest BCUT2D eigenvalue weighted by Gasteiger charge is -1.57. The highest BCUT2D eigenvalue weighted by atomic mass is 16.0. The van der Waals surface area contributed by atoms with Crippen molar-refractivity contribution < 1.29 is 11.0 Å². The van der Waals surface area contributed by atoms with Gasteiger partial charge in [-0.3, -0.25) is 0 Å². The molecule has 2 heteroatoms. The molecule has 0 radical (unpaired) electrons. The fourth-order valence-corrected chi connectivity index (χ4v) is 0.786. The summed E-state index contributed by atoms with van der Waals surface area (Å²) >= 11 is 0. The van der Waals surface area contributed by atoms with Gasteiger partial charge in [-0.25, -0.2) is 0 Å². The average Bonchev–Trinajstić information content (AvgIpc) is 2.67. The Bertz CT molecular complexity index is 146. The zero-order valence-corrected chi connectivity index (χ0v) is 7.03. The van der Waals surface area contributed by atoms with Gasteiger partial charge < -0.3 is 11.0 Å². The van der Waals surface area contributed by atoms with Gasteiger partial charge in [0.25, 0.3) is 0 Å². The van der Waals surface area contributed by atoms with Crippen molar-refractivity contribution in [3.8, 4) is 0 Å². The van der Waals surface area contributed by atoms with E-state index < -0.39 is 0 Å². The Kier molecular flexibility index (Phi) is 11.1. The molecule has 0 aromatic heterocycles. The van der Waals surface area contributed by atoms with E-state index in [2.05, 4.69) is 48.6 Å². The summed E-state index contributed by atoms with van der Waals surface area (Å²) in [7, 11) is 0. The van der Waals surface area contributed by atoms with Gasteiger partial charge in [0, 0.05) is 0 Å². The number of hydrogen-bond acceptors (Lipinski definition) is 0. The van der Waals surface area contributed by atoms with Crippen LogP contribution in [-0.4, -0.2) is 11.0 Å². The van der Waals surface area contributed by atoms with Crippen LogP contribution in [0.25, 0.3) is 0 Å². The summed E-state index contributed by atoms with van der Waals surface area (Å²) in [6.45, 7) is 0. The third-order valence-electron chi connectivity index (χ3n) is 1.31. The van der Waals surface area contributed by atoms with Crippen LogP contribution in [0.1, 0.15) is 12.8 Å².